The fraction of sp³-hybridized carbons (Fsp3) is 0.226. The van der Waals surface area contributed by atoms with Crippen LogP contribution >= 0.6 is 17.0 Å². The smallest absolute Gasteiger partial charge is 0.0809 e. The third-order valence-electron chi connectivity index (χ3n) is 5.57. The molecular formula is C31H34Cl2SiZr. The summed E-state index contributed by atoms with van der Waals surface area (Å²) in [6.45, 7) is 8.74. The van der Waals surface area contributed by atoms with E-state index in [9.17, 15) is 0 Å². The van der Waals surface area contributed by atoms with E-state index in [-0.39, 0.29) is 0 Å². The van der Waals surface area contributed by atoms with Gasteiger partial charge in [0, 0.05) is 9.52 Å². The van der Waals surface area contributed by atoms with E-state index in [1.807, 2.05) is 0 Å². The number of benzene rings is 3. The molecule has 0 atom stereocenters. The maximum atomic E-state index is 4.93. The number of aryl methyl sites for hydroxylation is 2. The third-order valence-corrected chi connectivity index (χ3v) is 5.57. The van der Waals surface area contributed by atoms with Crippen LogP contribution in [-0.4, -0.2) is 9.52 Å². The fourth-order valence-corrected chi connectivity index (χ4v) is 3.97. The molecule has 4 heteroatoms. The van der Waals surface area contributed by atoms with Gasteiger partial charge in [0.2, 0.25) is 0 Å². The largest absolute Gasteiger partial charge is 0.168 e. The van der Waals surface area contributed by atoms with Crippen molar-refractivity contribution in [3.8, 4) is 11.1 Å². The molecule has 35 heavy (non-hydrogen) atoms. The van der Waals surface area contributed by atoms with E-state index in [0.29, 0.717) is 0 Å². The third kappa shape index (κ3) is 9.51. The molecule has 180 valence electrons. The van der Waals surface area contributed by atoms with Gasteiger partial charge in [-0.15, -0.1) is 64.2 Å². The van der Waals surface area contributed by atoms with Gasteiger partial charge in [-0.1, -0.05) is 75.3 Å². The molecule has 0 aliphatic rings. The molecule has 0 unspecified atom stereocenters. The van der Waals surface area contributed by atoms with Gasteiger partial charge in [0.1, 0.15) is 0 Å². The monoisotopic (exact) mass is 594 g/mol. The van der Waals surface area contributed by atoms with Crippen molar-refractivity contribution >= 4 is 48.1 Å². The molecule has 0 heterocycles. The summed E-state index contributed by atoms with van der Waals surface area (Å²) >= 11 is -0.826. The molecule has 0 bridgehead atoms. The van der Waals surface area contributed by atoms with Gasteiger partial charge in [0.05, 0.1) is 0 Å². The number of fused-ring (bicyclic) bond motifs is 2. The maximum absolute atomic E-state index is 4.93. The summed E-state index contributed by atoms with van der Waals surface area (Å²) in [5.74, 6) is 0. The fourth-order valence-electron chi connectivity index (χ4n) is 3.97. The van der Waals surface area contributed by atoms with E-state index in [1.165, 1.54) is 56.6 Å². The number of halogens is 2. The Morgan fingerprint density at radius 3 is 2.11 bits per heavy atom. The zero-order valence-electron chi connectivity index (χ0n) is 21.1. The topological polar surface area (TPSA) is 0 Å². The normalized spacial score (nSPS) is 9.77. The Balaban J connectivity index is 0.000000237. The Morgan fingerprint density at radius 1 is 0.829 bits per heavy atom. The zero-order chi connectivity index (χ0) is 25.5. The van der Waals surface area contributed by atoms with Crippen molar-refractivity contribution in [1.82, 2.24) is 0 Å². The summed E-state index contributed by atoms with van der Waals surface area (Å²) < 4.78 is 0. The summed E-state index contributed by atoms with van der Waals surface area (Å²) in [6, 6.07) is 35.0. The molecule has 0 aromatic heterocycles. The molecule has 0 aliphatic carbocycles. The van der Waals surface area contributed by atoms with Gasteiger partial charge in [-0.25, -0.2) is 0 Å². The molecule has 0 nitrogen and oxygen atoms in total. The van der Waals surface area contributed by atoms with E-state index < -0.39 is 20.8 Å². The molecule has 0 saturated carbocycles. The van der Waals surface area contributed by atoms with Gasteiger partial charge in [0.25, 0.3) is 0 Å². The average molecular weight is 597 g/mol. The summed E-state index contributed by atoms with van der Waals surface area (Å²) in [5.41, 5.74) is 5.53. The quantitative estimate of drug-likeness (QED) is 0.143. The average Bonchev–Trinajstić information content (AvgIpc) is 3.52. The van der Waals surface area contributed by atoms with Crippen LogP contribution in [0.4, 0.5) is 0 Å². The summed E-state index contributed by atoms with van der Waals surface area (Å²) in [4.78, 5) is 0. The van der Waals surface area contributed by atoms with E-state index >= 15 is 0 Å². The maximum Gasteiger partial charge on any atom is -0.0809 e. The van der Waals surface area contributed by atoms with Crippen molar-refractivity contribution in [1.29, 1.82) is 0 Å². The molecule has 5 aromatic rings. The predicted molar refractivity (Wildman–Crippen MR) is 157 cm³/mol. The zero-order valence-corrected chi connectivity index (χ0v) is 26.1. The van der Waals surface area contributed by atoms with Gasteiger partial charge < -0.3 is 0 Å². The second-order valence-electron chi connectivity index (χ2n) is 8.20. The molecule has 0 spiro atoms. The molecular weight excluding hydrogens is 563 g/mol. The van der Waals surface area contributed by atoms with Crippen LogP contribution in [0.15, 0.2) is 97.1 Å². The van der Waals surface area contributed by atoms with Gasteiger partial charge >= 0.3 is 37.9 Å². The first-order valence-corrected chi connectivity index (χ1v) is 20.4. The van der Waals surface area contributed by atoms with Crippen LogP contribution in [0.2, 0.25) is 13.1 Å². The SMILES string of the molecule is CCCc1cc2c(-c3ccc(CC)cc3)cccc2[cH-]1.C[Si]C.[Cl][Zr+2][Cl].c1ccc2[cH-]ccc2c1. The van der Waals surface area contributed by atoms with Crippen molar-refractivity contribution in [2.75, 3.05) is 0 Å². The van der Waals surface area contributed by atoms with Crippen LogP contribution in [0, 0.1) is 0 Å². The second-order valence-corrected chi connectivity index (χ2v) is 12.9. The predicted octanol–water partition coefficient (Wildman–Crippen LogP) is 10.5. The van der Waals surface area contributed by atoms with E-state index in [2.05, 4.69) is 124 Å². The van der Waals surface area contributed by atoms with Crippen molar-refractivity contribution in [2.45, 2.75) is 46.2 Å². The Hall–Kier alpha value is -1.44. The molecule has 5 rings (SSSR count). The van der Waals surface area contributed by atoms with Crippen LogP contribution in [0.25, 0.3) is 32.7 Å². The minimum absolute atomic E-state index is 0.826. The van der Waals surface area contributed by atoms with Crippen LogP contribution in [0.1, 0.15) is 31.4 Å². The van der Waals surface area contributed by atoms with E-state index in [1.54, 1.807) is 0 Å². The second kappa shape index (κ2) is 17.1. The molecule has 2 radical (unpaired) electrons. The molecule has 0 N–H and O–H groups in total. The van der Waals surface area contributed by atoms with Crippen molar-refractivity contribution in [3.05, 3.63) is 108 Å². The Labute approximate surface area is 232 Å². The molecule has 0 saturated heterocycles. The molecule has 0 amide bonds. The van der Waals surface area contributed by atoms with Crippen LogP contribution in [0.3, 0.4) is 0 Å². The van der Waals surface area contributed by atoms with E-state index in [0.717, 1.165) is 15.9 Å². The summed E-state index contributed by atoms with van der Waals surface area (Å²) in [5, 5.41) is 5.42. The van der Waals surface area contributed by atoms with Crippen LogP contribution < -0.4 is 0 Å². The van der Waals surface area contributed by atoms with Crippen molar-refractivity contribution in [3.63, 3.8) is 0 Å². The number of hydrogen-bond donors (Lipinski definition) is 0. The van der Waals surface area contributed by atoms with Crippen LogP contribution in [-0.2, 0) is 33.7 Å². The van der Waals surface area contributed by atoms with Crippen LogP contribution in [0.5, 0.6) is 0 Å². The minimum atomic E-state index is -0.826. The van der Waals surface area contributed by atoms with E-state index in [4.69, 9.17) is 17.0 Å². The first kappa shape index (κ1) is 29.8. The number of hydrogen-bond acceptors (Lipinski definition) is 0. The first-order valence-electron chi connectivity index (χ1n) is 12.0. The minimum Gasteiger partial charge on any atom is -0.168 e. The standard InChI is InChI=1S/C20H21.C9H7.C2H6Si.2ClH.Zr/c1-3-6-16-13-18-7-5-8-19(20(18)14-16)17-11-9-15(4-2)10-12-17;1-2-5-9-7-3-6-8(9)4-1;1-3-2;;;/h5,7-14H,3-4,6H2,1-2H3;1-7H;1-2H3;2*1H;/q2*-1;;;;+4/p-2. The Kier molecular flexibility index (Phi) is 14.5. The first-order chi connectivity index (χ1) is 17.1. The van der Waals surface area contributed by atoms with Gasteiger partial charge in [-0.05, 0) is 24.0 Å². The molecule has 5 aromatic carbocycles. The molecule has 0 aliphatic heterocycles. The van der Waals surface area contributed by atoms with Gasteiger partial charge in [-0.3, -0.25) is 0 Å². The van der Waals surface area contributed by atoms with Gasteiger partial charge in [-0.2, -0.15) is 23.6 Å². The summed E-state index contributed by atoms with van der Waals surface area (Å²) in [7, 11) is 11.0. The van der Waals surface area contributed by atoms with Gasteiger partial charge in [0.15, 0.2) is 0 Å². The summed E-state index contributed by atoms with van der Waals surface area (Å²) in [6.07, 6.45) is 3.47. The molecule has 0 fully saturated rings. The Bertz CT molecular complexity index is 1210. The van der Waals surface area contributed by atoms with Crippen molar-refractivity contribution in [2.24, 2.45) is 0 Å². The number of rotatable bonds is 4. The Morgan fingerprint density at radius 2 is 1.49 bits per heavy atom. The van der Waals surface area contributed by atoms with Crippen molar-refractivity contribution < 1.29 is 20.8 Å².